The van der Waals surface area contributed by atoms with Crippen molar-refractivity contribution in [2.45, 2.75) is 32.2 Å². The Bertz CT molecular complexity index is 771. The van der Waals surface area contributed by atoms with Crippen LogP contribution in [0.1, 0.15) is 24.5 Å². The van der Waals surface area contributed by atoms with Gasteiger partial charge in [-0.25, -0.2) is 4.98 Å². The molecule has 2 aromatic rings. The SMILES string of the molecule is CC(C(=O)Nc1ccc2c(c1)CCC2)N1CCN(c2cnccn2)CC1. The molecule has 0 saturated carbocycles. The highest BCUT2D eigenvalue weighted by Gasteiger charge is 2.26. The number of carbonyl (C=O) groups excluding carboxylic acids is 1. The van der Waals surface area contributed by atoms with Crippen LogP contribution in [0.4, 0.5) is 11.5 Å². The lowest BCUT2D eigenvalue weighted by atomic mass is 10.1. The quantitative estimate of drug-likeness (QED) is 0.914. The van der Waals surface area contributed by atoms with Crippen molar-refractivity contribution in [2.24, 2.45) is 0 Å². The fourth-order valence-electron chi connectivity index (χ4n) is 3.85. The molecule has 1 N–H and O–H groups in total. The topological polar surface area (TPSA) is 61.4 Å². The van der Waals surface area contributed by atoms with E-state index in [1.54, 1.807) is 18.6 Å². The molecule has 0 spiro atoms. The van der Waals surface area contributed by atoms with Gasteiger partial charge < -0.3 is 10.2 Å². The summed E-state index contributed by atoms with van der Waals surface area (Å²) in [6.07, 6.45) is 8.70. The molecule has 4 rings (SSSR count). The van der Waals surface area contributed by atoms with Crippen molar-refractivity contribution in [1.82, 2.24) is 14.9 Å². The van der Waals surface area contributed by atoms with Gasteiger partial charge in [-0.05, 0) is 49.4 Å². The van der Waals surface area contributed by atoms with Crippen molar-refractivity contribution < 1.29 is 4.79 Å². The Hall–Kier alpha value is -2.47. The zero-order valence-corrected chi connectivity index (χ0v) is 15.2. The Morgan fingerprint density at radius 2 is 1.92 bits per heavy atom. The number of aromatic nitrogens is 2. The number of aryl methyl sites for hydroxylation is 2. The van der Waals surface area contributed by atoms with Crippen molar-refractivity contribution in [3.8, 4) is 0 Å². The average molecular weight is 351 g/mol. The van der Waals surface area contributed by atoms with Gasteiger partial charge >= 0.3 is 0 Å². The molecule has 1 aliphatic carbocycles. The molecule has 1 amide bonds. The number of carbonyl (C=O) groups is 1. The van der Waals surface area contributed by atoms with Gasteiger partial charge in [0.05, 0.1) is 12.2 Å². The number of rotatable bonds is 4. The molecule has 6 heteroatoms. The maximum absolute atomic E-state index is 12.7. The molecule has 2 heterocycles. The molecular weight excluding hydrogens is 326 g/mol. The molecule has 1 aliphatic heterocycles. The highest BCUT2D eigenvalue weighted by atomic mass is 16.2. The van der Waals surface area contributed by atoms with E-state index in [-0.39, 0.29) is 11.9 Å². The molecule has 1 fully saturated rings. The minimum Gasteiger partial charge on any atom is -0.353 e. The van der Waals surface area contributed by atoms with Crippen LogP contribution in [-0.2, 0) is 17.6 Å². The minimum absolute atomic E-state index is 0.0656. The molecule has 1 atom stereocenters. The first-order chi connectivity index (χ1) is 12.7. The predicted molar refractivity (Wildman–Crippen MR) is 102 cm³/mol. The smallest absolute Gasteiger partial charge is 0.241 e. The van der Waals surface area contributed by atoms with Crippen LogP contribution in [0.3, 0.4) is 0 Å². The van der Waals surface area contributed by atoms with Crippen LogP contribution in [0, 0.1) is 0 Å². The summed E-state index contributed by atoms with van der Waals surface area (Å²) in [6.45, 7) is 5.38. The first-order valence-electron chi connectivity index (χ1n) is 9.38. The summed E-state index contributed by atoms with van der Waals surface area (Å²) >= 11 is 0. The summed E-state index contributed by atoms with van der Waals surface area (Å²) < 4.78 is 0. The van der Waals surface area contributed by atoms with Crippen molar-refractivity contribution in [1.29, 1.82) is 0 Å². The lowest BCUT2D eigenvalue weighted by molar-refractivity contribution is -0.120. The van der Waals surface area contributed by atoms with E-state index >= 15 is 0 Å². The normalized spacial score (nSPS) is 18.4. The van der Waals surface area contributed by atoms with Crippen molar-refractivity contribution in [3.63, 3.8) is 0 Å². The van der Waals surface area contributed by atoms with E-state index in [4.69, 9.17) is 0 Å². The Labute approximate surface area is 154 Å². The Morgan fingerprint density at radius 3 is 2.69 bits per heavy atom. The number of anilines is 2. The van der Waals surface area contributed by atoms with E-state index in [1.165, 1.54) is 17.5 Å². The second-order valence-electron chi connectivity index (χ2n) is 7.09. The van der Waals surface area contributed by atoms with Gasteiger partial charge in [-0.3, -0.25) is 14.7 Å². The first kappa shape index (κ1) is 17.0. The second kappa shape index (κ2) is 7.41. The lowest BCUT2D eigenvalue weighted by Gasteiger charge is -2.37. The molecule has 6 nitrogen and oxygen atoms in total. The third-order valence-corrected chi connectivity index (χ3v) is 5.48. The first-order valence-corrected chi connectivity index (χ1v) is 9.38. The highest BCUT2D eigenvalue weighted by Crippen LogP contribution is 2.25. The van der Waals surface area contributed by atoms with Crippen molar-refractivity contribution in [2.75, 3.05) is 36.4 Å². The molecule has 1 aromatic heterocycles. The van der Waals surface area contributed by atoms with Crippen LogP contribution in [0.2, 0.25) is 0 Å². The van der Waals surface area contributed by atoms with Crippen LogP contribution in [0.15, 0.2) is 36.8 Å². The standard InChI is InChI=1S/C20H25N5O/c1-15(20(26)23-18-6-5-16-3-2-4-17(16)13-18)24-9-11-25(12-10-24)19-14-21-7-8-22-19/h5-8,13-15H,2-4,9-12H2,1H3,(H,23,26). The molecule has 136 valence electrons. The van der Waals surface area contributed by atoms with Gasteiger partial charge in [-0.2, -0.15) is 0 Å². The molecule has 0 bridgehead atoms. The fourth-order valence-corrected chi connectivity index (χ4v) is 3.85. The number of benzene rings is 1. The van der Waals surface area contributed by atoms with Crippen molar-refractivity contribution in [3.05, 3.63) is 47.9 Å². The molecule has 26 heavy (non-hydrogen) atoms. The van der Waals surface area contributed by atoms with E-state index < -0.39 is 0 Å². The number of hydrogen-bond acceptors (Lipinski definition) is 5. The van der Waals surface area contributed by atoms with Gasteiger partial charge in [0, 0.05) is 44.3 Å². The summed E-state index contributed by atoms with van der Waals surface area (Å²) in [4.78, 5) is 25.6. The van der Waals surface area contributed by atoms with Gasteiger partial charge in [-0.15, -0.1) is 0 Å². The third kappa shape index (κ3) is 3.55. The maximum Gasteiger partial charge on any atom is 0.241 e. The predicted octanol–water partition coefficient (Wildman–Crippen LogP) is 2.11. The number of nitrogens with one attached hydrogen (secondary N) is 1. The summed E-state index contributed by atoms with van der Waals surface area (Å²) in [5.41, 5.74) is 3.73. The summed E-state index contributed by atoms with van der Waals surface area (Å²) in [7, 11) is 0. The second-order valence-corrected chi connectivity index (χ2v) is 7.09. The third-order valence-electron chi connectivity index (χ3n) is 5.48. The lowest BCUT2D eigenvalue weighted by Crippen LogP contribution is -2.53. The largest absolute Gasteiger partial charge is 0.353 e. The van der Waals surface area contributed by atoms with E-state index in [1.807, 2.05) is 13.0 Å². The van der Waals surface area contributed by atoms with Crippen LogP contribution >= 0.6 is 0 Å². The monoisotopic (exact) mass is 351 g/mol. The Balaban J connectivity index is 1.33. The Kier molecular flexibility index (Phi) is 4.84. The van der Waals surface area contributed by atoms with E-state index in [0.29, 0.717) is 0 Å². The molecule has 1 aromatic carbocycles. The number of fused-ring (bicyclic) bond motifs is 1. The number of amides is 1. The van der Waals surface area contributed by atoms with Gasteiger partial charge in [0.2, 0.25) is 5.91 Å². The molecule has 1 unspecified atom stereocenters. The summed E-state index contributed by atoms with van der Waals surface area (Å²) in [5, 5.41) is 3.10. The summed E-state index contributed by atoms with van der Waals surface area (Å²) in [5.74, 6) is 0.971. The van der Waals surface area contributed by atoms with Gasteiger partial charge in [0.1, 0.15) is 5.82 Å². The van der Waals surface area contributed by atoms with Gasteiger partial charge in [-0.1, -0.05) is 6.07 Å². The van der Waals surface area contributed by atoms with E-state index in [0.717, 1.165) is 50.5 Å². The molecular formula is C20H25N5O. The van der Waals surface area contributed by atoms with Gasteiger partial charge in [0.15, 0.2) is 0 Å². The van der Waals surface area contributed by atoms with Crippen LogP contribution in [0.5, 0.6) is 0 Å². The number of hydrogen-bond donors (Lipinski definition) is 1. The average Bonchev–Trinajstić information content (AvgIpc) is 3.16. The van der Waals surface area contributed by atoms with Crippen LogP contribution in [-0.4, -0.2) is 53.0 Å². The van der Waals surface area contributed by atoms with E-state index in [2.05, 4.69) is 37.2 Å². The fraction of sp³-hybridized carbons (Fsp3) is 0.450. The van der Waals surface area contributed by atoms with E-state index in [9.17, 15) is 4.79 Å². The molecule has 2 aliphatic rings. The maximum atomic E-state index is 12.7. The highest BCUT2D eigenvalue weighted by molar-refractivity contribution is 5.94. The van der Waals surface area contributed by atoms with Crippen LogP contribution < -0.4 is 10.2 Å². The zero-order valence-electron chi connectivity index (χ0n) is 15.2. The summed E-state index contributed by atoms with van der Waals surface area (Å²) in [6, 6.07) is 6.18. The number of piperazine rings is 1. The molecule has 1 saturated heterocycles. The van der Waals surface area contributed by atoms with Crippen molar-refractivity contribution >= 4 is 17.4 Å². The zero-order chi connectivity index (χ0) is 17.9. The van der Waals surface area contributed by atoms with Crippen LogP contribution in [0.25, 0.3) is 0 Å². The van der Waals surface area contributed by atoms with Gasteiger partial charge in [0.25, 0.3) is 0 Å². The number of nitrogens with zero attached hydrogens (tertiary/aromatic N) is 4. The molecule has 0 radical (unpaired) electrons. The Morgan fingerprint density at radius 1 is 1.12 bits per heavy atom. The minimum atomic E-state index is -0.146.